The van der Waals surface area contributed by atoms with Gasteiger partial charge in [0.05, 0.1) is 12.5 Å². The first-order valence-corrected chi connectivity index (χ1v) is 7.32. The second-order valence-electron chi connectivity index (χ2n) is 5.52. The summed E-state index contributed by atoms with van der Waals surface area (Å²) in [6, 6.07) is 18.3. The van der Waals surface area contributed by atoms with Gasteiger partial charge in [0.2, 0.25) is 5.91 Å². The summed E-state index contributed by atoms with van der Waals surface area (Å²) in [4.78, 5) is 13.9. The van der Waals surface area contributed by atoms with Crippen molar-refractivity contribution >= 4 is 5.91 Å². The number of carbonyl (C=O) groups excluding carboxylic acids is 1. The number of benzene rings is 2. The molecule has 108 valence electrons. The van der Waals surface area contributed by atoms with Crippen LogP contribution in [0.25, 0.3) is 11.1 Å². The van der Waals surface area contributed by atoms with Gasteiger partial charge in [-0.1, -0.05) is 54.6 Å². The van der Waals surface area contributed by atoms with E-state index in [0.717, 1.165) is 11.1 Å². The van der Waals surface area contributed by atoms with Crippen LogP contribution in [0.3, 0.4) is 0 Å². The molecule has 1 aliphatic heterocycles. The monoisotopic (exact) mass is 281 g/mol. The smallest absolute Gasteiger partial charge is 0.227 e. The average Bonchev–Trinajstić information content (AvgIpc) is 2.96. The first-order valence-electron chi connectivity index (χ1n) is 7.32. The van der Waals surface area contributed by atoms with Gasteiger partial charge in [-0.05, 0) is 23.1 Å². The Morgan fingerprint density at radius 2 is 1.71 bits per heavy atom. The van der Waals surface area contributed by atoms with E-state index in [9.17, 15) is 9.90 Å². The van der Waals surface area contributed by atoms with Gasteiger partial charge in [-0.15, -0.1) is 0 Å². The van der Waals surface area contributed by atoms with Gasteiger partial charge in [-0.3, -0.25) is 4.79 Å². The molecule has 2 aromatic rings. The fourth-order valence-electron chi connectivity index (χ4n) is 2.70. The summed E-state index contributed by atoms with van der Waals surface area (Å²) in [6.45, 7) is 1.14. The molecule has 0 aromatic heterocycles. The molecule has 1 amide bonds. The van der Waals surface area contributed by atoms with Crippen LogP contribution >= 0.6 is 0 Å². The van der Waals surface area contributed by atoms with Gasteiger partial charge in [0.1, 0.15) is 0 Å². The van der Waals surface area contributed by atoms with E-state index in [1.807, 2.05) is 30.3 Å². The summed E-state index contributed by atoms with van der Waals surface area (Å²) in [5, 5.41) is 9.48. The molecule has 3 nitrogen and oxygen atoms in total. The van der Waals surface area contributed by atoms with Crippen LogP contribution in [0.1, 0.15) is 12.0 Å². The van der Waals surface area contributed by atoms with E-state index in [1.165, 1.54) is 5.56 Å². The summed E-state index contributed by atoms with van der Waals surface area (Å²) in [7, 11) is 0. The molecule has 1 heterocycles. The van der Waals surface area contributed by atoms with E-state index >= 15 is 0 Å². The molecule has 0 bridgehead atoms. The predicted octanol–water partition coefficient (Wildman–Crippen LogP) is 2.49. The molecule has 3 heteroatoms. The Morgan fingerprint density at radius 3 is 2.33 bits per heavy atom. The molecular weight excluding hydrogens is 262 g/mol. The van der Waals surface area contributed by atoms with Crippen LogP contribution in [0.2, 0.25) is 0 Å². The van der Waals surface area contributed by atoms with Crippen molar-refractivity contribution in [2.45, 2.75) is 18.9 Å². The van der Waals surface area contributed by atoms with Gasteiger partial charge in [-0.25, -0.2) is 0 Å². The number of aliphatic hydroxyl groups excluding tert-OH is 1. The van der Waals surface area contributed by atoms with Crippen molar-refractivity contribution in [1.82, 2.24) is 4.90 Å². The molecule has 1 atom stereocenters. The highest BCUT2D eigenvalue weighted by molar-refractivity contribution is 5.79. The zero-order chi connectivity index (χ0) is 14.7. The summed E-state index contributed by atoms with van der Waals surface area (Å²) in [5.74, 6) is 0.0963. The highest BCUT2D eigenvalue weighted by Gasteiger charge is 2.24. The Kier molecular flexibility index (Phi) is 4.02. The van der Waals surface area contributed by atoms with Gasteiger partial charge in [0, 0.05) is 13.1 Å². The third kappa shape index (κ3) is 3.31. The van der Waals surface area contributed by atoms with Crippen LogP contribution in [0.15, 0.2) is 54.6 Å². The molecule has 21 heavy (non-hydrogen) atoms. The molecule has 1 aliphatic rings. The zero-order valence-electron chi connectivity index (χ0n) is 11.9. The fourth-order valence-corrected chi connectivity index (χ4v) is 2.70. The van der Waals surface area contributed by atoms with Crippen molar-refractivity contribution in [1.29, 1.82) is 0 Å². The maximum atomic E-state index is 12.1. The van der Waals surface area contributed by atoms with Gasteiger partial charge >= 0.3 is 0 Å². The second-order valence-corrected chi connectivity index (χ2v) is 5.52. The number of β-amino-alcohol motifs (C(OH)–C–C–N with tert-alkyl or cyclic N) is 1. The molecule has 0 unspecified atom stereocenters. The largest absolute Gasteiger partial charge is 0.391 e. The molecule has 2 aromatic carbocycles. The number of carbonyl (C=O) groups is 1. The average molecular weight is 281 g/mol. The number of amides is 1. The van der Waals surface area contributed by atoms with Crippen molar-refractivity contribution in [2.75, 3.05) is 13.1 Å². The summed E-state index contributed by atoms with van der Waals surface area (Å²) < 4.78 is 0. The van der Waals surface area contributed by atoms with Crippen LogP contribution in [0.4, 0.5) is 0 Å². The highest BCUT2D eigenvalue weighted by atomic mass is 16.3. The number of hydrogen-bond donors (Lipinski definition) is 1. The van der Waals surface area contributed by atoms with Crippen LogP contribution in [-0.4, -0.2) is 35.1 Å². The van der Waals surface area contributed by atoms with Crippen LogP contribution < -0.4 is 0 Å². The molecule has 1 N–H and O–H groups in total. The highest BCUT2D eigenvalue weighted by Crippen LogP contribution is 2.20. The standard InChI is InChI=1S/C18H19NO2/c20-17-10-11-19(13-17)18(21)12-14-6-8-16(9-7-14)15-4-2-1-3-5-15/h1-9,17,20H,10-13H2/t17-/m1/s1. The minimum Gasteiger partial charge on any atom is -0.391 e. The summed E-state index contributed by atoms with van der Waals surface area (Å²) >= 11 is 0. The molecule has 1 saturated heterocycles. The van der Waals surface area contributed by atoms with Crippen molar-refractivity contribution in [3.05, 3.63) is 60.2 Å². The number of nitrogens with zero attached hydrogens (tertiary/aromatic N) is 1. The Hall–Kier alpha value is -2.13. The number of likely N-dealkylation sites (tertiary alicyclic amines) is 1. The van der Waals surface area contributed by atoms with Gasteiger partial charge in [0.25, 0.3) is 0 Å². The molecule has 0 spiro atoms. The van der Waals surface area contributed by atoms with Crippen molar-refractivity contribution in [2.24, 2.45) is 0 Å². The van der Waals surface area contributed by atoms with E-state index in [-0.39, 0.29) is 12.0 Å². The zero-order valence-corrected chi connectivity index (χ0v) is 11.9. The number of hydrogen-bond acceptors (Lipinski definition) is 2. The Bertz CT molecular complexity index is 607. The van der Waals surface area contributed by atoms with Crippen molar-refractivity contribution < 1.29 is 9.90 Å². The lowest BCUT2D eigenvalue weighted by Gasteiger charge is -2.15. The van der Waals surface area contributed by atoms with E-state index in [2.05, 4.69) is 24.3 Å². The lowest BCUT2D eigenvalue weighted by atomic mass is 10.0. The Labute approximate surface area is 124 Å². The van der Waals surface area contributed by atoms with Crippen LogP contribution in [0, 0.1) is 0 Å². The number of rotatable bonds is 3. The lowest BCUT2D eigenvalue weighted by molar-refractivity contribution is -0.129. The summed E-state index contributed by atoms with van der Waals surface area (Å²) in [6.07, 6.45) is 0.745. The molecule has 3 rings (SSSR count). The number of aliphatic hydroxyl groups is 1. The van der Waals surface area contributed by atoms with Crippen molar-refractivity contribution in [3.8, 4) is 11.1 Å². The van der Waals surface area contributed by atoms with Crippen LogP contribution in [-0.2, 0) is 11.2 Å². The van der Waals surface area contributed by atoms with E-state index in [0.29, 0.717) is 25.9 Å². The Morgan fingerprint density at radius 1 is 1.05 bits per heavy atom. The first-order chi connectivity index (χ1) is 10.2. The molecule has 0 saturated carbocycles. The van der Waals surface area contributed by atoms with E-state index < -0.39 is 0 Å². The molecular formula is C18H19NO2. The maximum absolute atomic E-state index is 12.1. The van der Waals surface area contributed by atoms with Crippen molar-refractivity contribution in [3.63, 3.8) is 0 Å². The second kappa shape index (κ2) is 6.10. The third-order valence-electron chi connectivity index (χ3n) is 3.93. The van der Waals surface area contributed by atoms with Gasteiger partial charge < -0.3 is 10.0 Å². The van der Waals surface area contributed by atoms with E-state index in [4.69, 9.17) is 0 Å². The third-order valence-corrected chi connectivity index (χ3v) is 3.93. The minimum absolute atomic E-state index is 0.0963. The first kappa shape index (κ1) is 13.8. The van der Waals surface area contributed by atoms with Crippen LogP contribution in [0.5, 0.6) is 0 Å². The quantitative estimate of drug-likeness (QED) is 0.939. The fraction of sp³-hybridized carbons (Fsp3) is 0.278. The minimum atomic E-state index is -0.352. The SMILES string of the molecule is O=C(Cc1ccc(-c2ccccc2)cc1)N1CC[C@@H](O)C1. The Balaban J connectivity index is 1.66. The normalized spacial score (nSPS) is 18.0. The topological polar surface area (TPSA) is 40.5 Å². The van der Waals surface area contributed by atoms with Gasteiger partial charge in [0.15, 0.2) is 0 Å². The molecule has 0 aliphatic carbocycles. The predicted molar refractivity (Wildman–Crippen MR) is 82.8 cm³/mol. The molecule has 1 fully saturated rings. The maximum Gasteiger partial charge on any atom is 0.227 e. The van der Waals surface area contributed by atoms with E-state index in [1.54, 1.807) is 4.90 Å². The molecule has 0 radical (unpaired) electrons. The van der Waals surface area contributed by atoms with Gasteiger partial charge in [-0.2, -0.15) is 0 Å². The lowest BCUT2D eigenvalue weighted by Crippen LogP contribution is -2.30. The summed E-state index contributed by atoms with van der Waals surface area (Å²) in [5.41, 5.74) is 3.35.